The number of rotatable bonds is 5. The van der Waals surface area contributed by atoms with Crippen LogP contribution in [0.3, 0.4) is 0 Å². The van der Waals surface area contributed by atoms with Gasteiger partial charge in [-0.2, -0.15) is 0 Å². The van der Waals surface area contributed by atoms with Gasteiger partial charge in [0.05, 0.1) is 11.4 Å². The van der Waals surface area contributed by atoms with E-state index in [0.717, 1.165) is 0 Å². The summed E-state index contributed by atoms with van der Waals surface area (Å²) < 4.78 is 0. The van der Waals surface area contributed by atoms with E-state index in [1.54, 1.807) is 24.4 Å². The first-order valence-corrected chi connectivity index (χ1v) is 7.50. The van der Waals surface area contributed by atoms with Crippen molar-refractivity contribution in [3.8, 4) is 0 Å². The van der Waals surface area contributed by atoms with Gasteiger partial charge in [-0.3, -0.25) is 14.4 Å². The first-order chi connectivity index (χ1) is 9.69. The number of amides is 3. The lowest BCUT2D eigenvalue weighted by Crippen LogP contribution is -2.50. The Balaban J connectivity index is 2.38. The van der Waals surface area contributed by atoms with Gasteiger partial charge in [0.2, 0.25) is 11.8 Å². The fourth-order valence-corrected chi connectivity index (χ4v) is 2.15. The fourth-order valence-electron chi connectivity index (χ4n) is 1.52. The van der Waals surface area contributed by atoms with Gasteiger partial charge in [0.1, 0.15) is 6.04 Å². The highest BCUT2D eigenvalue weighted by Gasteiger charge is 2.19. The monoisotopic (exact) mass is 311 g/mol. The molecule has 0 aliphatic carbocycles. The summed E-state index contributed by atoms with van der Waals surface area (Å²) >= 11 is 1.30. The van der Waals surface area contributed by atoms with E-state index in [9.17, 15) is 14.4 Å². The minimum Gasteiger partial charge on any atom is -0.350 e. The van der Waals surface area contributed by atoms with E-state index in [1.165, 1.54) is 11.3 Å². The van der Waals surface area contributed by atoms with Gasteiger partial charge in [0.15, 0.2) is 0 Å². The molecule has 7 heteroatoms. The van der Waals surface area contributed by atoms with E-state index in [4.69, 9.17) is 0 Å². The summed E-state index contributed by atoms with van der Waals surface area (Å²) in [5, 5.41) is 9.60. The van der Waals surface area contributed by atoms with Gasteiger partial charge >= 0.3 is 0 Å². The van der Waals surface area contributed by atoms with Crippen molar-refractivity contribution in [2.75, 3.05) is 6.54 Å². The maximum atomic E-state index is 11.8. The summed E-state index contributed by atoms with van der Waals surface area (Å²) in [5.74, 6) is -0.969. The van der Waals surface area contributed by atoms with Crippen molar-refractivity contribution in [3.63, 3.8) is 0 Å². The number of carbonyl (C=O) groups excluding carboxylic acids is 3. The number of hydrogen-bond donors (Lipinski definition) is 3. The molecule has 0 aliphatic rings. The van der Waals surface area contributed by atoms with Gasteiger partial charge in [0.25, 0.3) is 5.91 Å². The van der Waals surface area contributed by atoms with E-state index in [1.807, 2.05) is 20.8 Å². The third kappa shape index (κ3) is 6.40. The largest absolute Gasteiger partial charge is 0.350 e. The van der Waals surface area contributed by atoms with Gasteiger partial charge in [-0.1, -0.05) is 6.07 Å². The zero-order chi connectivity index (χ0) is 16.0. The van der Waals surface area contributed by atoms with Crippen LogP contribution in [0, 0.1) is 0 Å². The van der Waals surface area contributed by atoms with Crippen molar-refractivity contribution < 1.29 is 14.4 Å². The van der Waals surface area contributed by atoms with Crippen LogP contribution >= 0.6 is 11.3 Å². The van der Waals surface area contributed by atoms with Crippen molar-refractivity contribution in [1.82, 2.24) is 16.0 Å². The van der Waals surface area contributed by atoms with Crippen molar-refractivity contribution >= 4 is 29.1 Å². The molecule has 0 saturated carbocycles. The van der Waals surface area contributed by atoms with Crippen molar-refractivity contribution in [1.29, 1.82) is 0 Å². The van der Waals surface area contributed by atoms with E-state index in [-0.39, 0.29) is 23.9 Å². The van der Waals surface area contributed by atoms with Gasteiger partial charge in [-0.05, 0) is 39.1 Å². The Morgan fingerprint density at radius 3 is 2.48 bits per heavy atom. The molecule has 1 atom stereocenters. The molecule has 6 nitrogen and oxygen atoms in total. The van der Waals surface area contributed by atoms with Gasteiger partial charge in [0, 0.05) is 5.54 Å². The van der Waals surface area contributed by atoms with Crippen LogP contribution in [0.2, 0.25) is 0 Å². The van der Waals surface area contributed by atoms with Gasteiger partial charge < -0.3 is 16.0 Å². The molecule has 3 N–H and O–H groups in total. The van der Waals surface area contributed by atoms with Crippen LogP contribution in [0.1, 0.15) is 37.4 Å². The molecule has 116 valence electrons. The minimum absolute atomic E-state index is 0.116. The zero-order valence-corrected chi connectivity index (χ0v) is 13.5. The van der Waals surface area contributed by atoms with E-state index in [2.05, 4.69) is 16.0 Å². The number of hydrogen-bond acceptors (Lipinski definition) is 4. The van der Waals surface area contributed by atoms with Crippen LogP contribution in [0.5, 0.6) is 0 Å². The van der Waals surface area contributed by atoms with Crippen LogP contribution in [0.4, 0.5) is 0 Å². The fraction of sp³-hybridized carbons (Fsp3) is 0.500. The minimum atomic E-state index is -0.706. The smallest absolute Gasteiger partial charge is 0.261 e. The molecule has 1 unspecified atom stereocenters. The molecule has 1 aromatic rings. The van der Waals surface area contributed by atoms with Crippen molar-refractivity contribution in [2.24, 2.45) is 0 Å². The maximum absolute atomic E-state index is 11.8. The normalized spacial score (nSPS) is 12.4. The molecule has 0 aliphatic heterocycles. The summed E-state index contributed by atoms with van der Waals surface area (Å²) in [4.78, 5) is 35.7. The SMILES string of the molecule is CC(NC(=O)c1cccs1)C(=O)NCC(=O)NC(C)(C)C. The standard InChI is InChI=1S/C14H21N3O3S/c1-9(16-13(20)10-6-5-7-21-10)12(19)15-8-11(18)17-14(2,3)4/h5-7,9H,8H2,1-4H3,(H,15,19)(H,16,20)(H,17,18). The third-order valence-corrected chi connectivity index (χ3v) is 3.29. The summed E-state index contributed by atoms with van der Waals surface area (Å²) in [7, 11) is 0. The maximum Gasteiger partial charge on any atom is 0.261 e. The van der Waals surface area contributed by atoms with E-state index in [0.29, 0.717) is 4.88 Å². The Bertz CT molecular complexity index is 506. The average Bonchev–Trinajstić information content (AvgIpc) is 2.87. The topological polar surface area (TPSA) is 87.3 Å². The van der Waals surface area contributed by atoms with Crippen LogP contribution in [-0.2, 0) is 9.59 Å². The molecular formula is C14H21N3O3S. The first-order valence-electron chi connectivity index (χ1n) is 6.62. The Labute approximate surface area is 128 Å². The highest BCUT2D eigenvalue weighted by atomic mass is 32.1. The molecule has 0 bridgehead atoms. The van der Waals surface area contributed by atoms with Crippen molar-refractivity contribution in [2.45, 2.75) is 39.3 Å². The van der Waals surface area contributed by atoms with E-state index < -0.39 is 11.9 Å². The van der Waals surface area contributed by atoms with Gasteiger partial charge in [-0.25, -0.2) is 0 Å². The second kappa shape index (κ2) is 7.21. The first kappa shape index (κ1) is 17.2. The van der Waals surface area contributed by atoms with Crippen LogP contribution in [-0.4, -0.2) is 35.8 Å². The Kier molecular flexibility index (Phi) is 5.90. The van der Waals surface area contributed by atoms with Crippen LogP contribution in [0.15, 0.2) is 17.5 Å². The molecule has 0 saturated heterocycles. The Morgan fingerprint density at radius 1 is 1.29 bits per heavy atom. The Morgan fingerprint density at radius 2 is 1.95 bits per heavy atom. The quantitative estimate of drug-likeness (QED) is 0.755. The molecule has 1 aromatic heterocycles. The number of carbonyl (C=O) groups is 3. The molecule has 0 radical (unpaired) electrons. The number of nitrogens with one attached hydrogen (secondary N) is 3. The molecule has 1 rings (SSSR count). The second-order valence-electron chi connectivity index (χ2n) is 5.69. The lowest BCUT2D eigenvalue weighted by Gasteiger charge is -2.21. The van der Waals surface area contributed by atoms with Gasteiger partial charge in [-0.15, -0.1) is 11.3 Å². The Hall–Kier alpha value is -1.89. The average molecular weight is 311 g/mol. The lowest BCUT2D eigenvalue weighted by atomic mass is 10.1. The van der Waals surface area contributed by atoms with E-state index >= 15 is 0 Å². The third-order valence-electron chi connectivity index (χ3n) is 2.42. The lowest BCUT2D eigenvalue weighted by molar-refractivity contribution is -0.127. The summed E-state index contributed by atoms with van der Waals surface area (Å²) in [6.07, 6.45) is 0. The number of thiophene rings is 1. The van der Waals surface area contributed by atoms with Crippen LogP contribution in [0.25, 0.3) is 0 Å². The predicted molar refractivity (Wildman–Crippen MR) is 82.2 cm³/mol. The highest BCUT2D eigenvalue weighted by molar-refractivity contribution is 7.12. The summed E-state index contributed by atoms with van der Waals surface area (Å²) in [6, 6.07) is 2.74. The second-order valence-corrected chi connectivity index (χ2v) is 6.64. The van der Waals surface area contributed by atoms with Crippen LogP contribution < -0.4 is 16.0 Å². The molecule has 0 aromatic carbocycles. The van der Waals surface area contributed by atoms with Crippen molar-refractivity contribution in [3.05, 3.63) is 22.4 Å². The molecule has 0 fully saturated rings. The zero-order valence-electron chi connectivity index (χ0n) is 12.6. The molecule has 3 amide bonds. The molecule has 21 heavy (non-hydrogen) atoms. The molecule has 0 spiro atoms. The highest BCUT2D eigenvalue weighted by Crippen LogP contribution is 2.08. The molecular weight excluding hydrogens is 290 g/mol. The molecule has 1 heterocycles. The summed E-state index contributed by atoms with van der Waals surface area (Å²) in [5.41, 5.74) is -0.346. The predicted octanol–water partition coefficient (Wildman–Crippen LogP) is 0.897. The summed E-state index contributed by atoms with van der Waals surface area (Å²) in [6.45, 7) is 7.03.